The van der Waals surface area contributed by atoms with Crippen LogP contribution in [0.2, 0.25) is 0 Å². The molecule has 0 bridgehead atoms. The second-order valence-corrected chi connectivity index (χ2v) is 7.37. The summed E-state index contributed by atoms with van der Waals surface area (Å²) in [7, 11) is 0. The standard InChI is InChI=1S/C15H17Br2NS/c1-3-18-15(8-13-6-12(17)9-19-13)14-7-11(16)5-4-10(14)2/h4-7,9,15,18H,3,8H2,1-2H3. The van der Waals surface area contributed by atoms with Crippen LogP contribution in [0.3, 0.4) is 0 Å². The molecule has 0 saturated heterocycles. The number of halogens is 2. The Labute approximate surface area is 135 Å². The zero-order valence-corrected chi connectivity index (χ0v) is 15.0. The van der Waals surface area contributed by atoms with Gasteiger partial charge in [-0.3, -0.25) is 0 Å². The number of aryl methyl sites for hydroxylation is 1. The van der Waals surface area contributed by atoms with Crippen molar-refractivity contribution in [2.45, 2.75) is 26.3 Å². The van der Waals surface area contributed by atoms with Gasteiger partial charge in [-0.15, -0.1) is 11.3 Å². The van der Waals surface area contributed by atoms with Crippen molar-refractivity contribution in [3.05, 3.63) is 54.6 Å². The van der Waals surface area contributed by atoms with E-state index in [-0.39, 0.29) is 0 Å². The summed E-state index contributed by atoms with van der Waals surface area (Å²) in [6.07, 6.45) is 1.03. The molecule has 2 aromatic rings. The zero-order valence-electron chi connectivity index (χ0n) is 11.0. The van der Waals surface area contributed by atoms with Crippen LogP contribution in [0.25, 0.3) is 0 Å². The smallest absolute Gasteiger partial charge is 0.0371 e. The summed E-state index contributed by atoms with van der Waals surface area (Å²) >= 11 is 8.91. The Balaban J connectivity index is 2.26. The highest BCUT2D eigenvalue weighted by Gasteiger charge is 2.15. The van der Waals surface area contributed by atoms with Gasteiger partial charge in [0.05, 0.1) is 0 Å². The maximum Gasteiger partial charge on any atom is 0.0371 e. The van der Waals surface area contributed by atoms with Gasteiger partial charge in [-0.25, -0.2) is 0 Å². The first-order chi connectivity index (χ1) is 9.10. The largest absolute Gasteiger partial charge is 0.310 e. The SMILES string of the molecule is CCNC(Cc1cc(Br)cs1)c1cc(Br)ccc1C. The molecule has 0 aliphatic heterocycles. The first kappa shape index (κ1) is 15.2. The molecule has 1 heterocycles. The van der Waals surface area contributed by atoms with E-state index in [4.69, 9.17) is 0 Å². The van der Waals surface area contributed by atoms with Gasteiger partial charge in [-0.1, -0.05) is 28.9 Å². The van der Waals surface area contributed by atoms with E-state index in [0.29, 0.717) is 6.04 Å². The molecular formula is C15H17Br2NS. The molecule has 102 valence electrons. The van der Waals surface area contributed by atoms with Gasteiger partial charge in [0.25, 0.3) is 0 Å². The Morgan fingerprint density at radius 3 is 2.63 bits per heavy atom. The van der Waals surface area contributed by atoms with Gasteiger partial charge in [0.2, 0.25) is 0 Å². The van der Waals surface area contributed by atoms with E-state index in [1.165, 1.54) is 20.5 Å². The summed E-state index contributed by atoms with van der Waals surface area (Å²) in [5.41, 5.74) is 2.71. The van der Waals surface area contributed by atoms with Crippen LogP contribution in [0.4, 0.5) is 0 Å². The van der Waals surface area contributed by atoms with Crippen molar-refractivity contribution in [2.24, 2.45) is 0 Å². The lowest BCUT2D eigenvalue weighted by molar-refractivity contribution is 0.550. The highest BCUT2D eigenvalue weighted by molar-refractivity contribution is 9.10. The lowest BCUT2D eigenvalue weighted by Crippen LogP contribution is -2.23. The molecule has 1 N–H and O–H groups in total. The van der Waals surface area contributed by atoms with Gasteiger partial charge in [0.1, 0.15) is 0 Å². The normalized spacial score (nSPS) is 12.6. The Morgan fingerprint density at radius 1 is 1.21 bits per heavy atom. The second-order valence-electron chi connectivity index (χ2n) is 4.55. The minimum absolute atomic E-state index is 0.369. The second kappa shape index (κ2) is 7.02. The molecule has 1 nitrogen and oxygen atoms in total. The molecule has 1 aromatic carbocycles. The van der Waals surface area contributed by atoms with Gasteiger partial charge in [0.15, 0.2) is 0 Å². The maximum atomic E-state index is 3.60. The summed E-state index contributed by atoms with van der Waals surface area (Å²) in [5, 5.41) is 5.74. The lowest BCUT2D eigenvalue weighted by atomic mass is 9.98. The monoisotopic (exact) mass is 401 g/mol. The number of likely N-dealkylation sites (N-methyl/N-ethyl adjacent to an activating group) is 1. The van der Waals surface area contributed by atoms with E-state index < -0.39 is 0 Å². The van der Waals surface area contributed by atoms with Crippen molar-refractivity contribution in [2.75, 3.05) is 6.54 Å². The Kier molecular flexibility index (Phi) is 5.63. The first-order valence-electron chi connectivity index (χ1n) is 6.32. The predicted molar refractivity (Wildman–Crippen MR) is 91.0 cm³/mol. The van der Waals surface area contributed by atoms with E-state index in [1.807, 2.05) is 11.3 Å². The Hall–Kier alpha value is -0.160. The third-order valence-electron chi connectivity index (χ3n) is 3.09. The molecule has 1 unspecified atom stereocenters. The van der Waals surface area contributed by atoms with E-state index in [1.54, 1.807) is 0 Å². The molecule has 0 aliphatic rings. The molecule has 1 aromatic heterocycles. The molecule has 0 spiro atoms. The highest BCUT2D eigenvalue weighted by atomic mass is 79.9. The van der Waals surface area contributed by atoms with Crippen LogP contribution < -0.4 is 5.32 Å². The summed E-state index contributed by atoms with van der Waals surface area (Å²) in [6.45, 7) is 5.31. The summed E-state index contributed by atoms with van der Waals surface area (Å²) in [6, 6.07) is 9.08. The van der Waals surface area contributed by atoms with Crippen LogP contribution in [0.5, 0.6) is 0 Å². The number of thiophene rings is 1. The molecule has 0 fully saturated rings. The van der Waals surface area contributed by atoms with Crippen molar-refractivity contribution < 1.29 is 0 Å². The van der Waals surface area contributed by atoms with Crippen LogP contribution in [-0.4, -0.2) is 6.54 Å². The van der Waals surface area contributed by atoms with Crippen molar-refractivity contribution in [3.8, 4) is 0 Å². The summed E-state index contributed by atoms with van der Waals surface area (Å²) in [4.78, 5) is 1.40. The third kappa shape index (κ3) is 4.15. The minimum Gasteiger partial charge on any atom is -0.310 e. The highest BCUT2D eigenvalue weighted by Crippen LogP contribution is 2.28. The van der Waals surface area contributed by atoms with Crippen LogP contribution in [0, 0.1) is 6.92 Å². The molecule has 0 aliphatic carbocycles. The molecule has 0 amide bonds. The van der Waals surface area contributed by atoms with Crippen molar-refractivity contribution in [1.29, 1.82) is 0 Å². The number of rotatable bonds is 5. The van der Waals surface area contributed by atoms with Crippen LogP contribution in [0.15, 0.2) is 38.6 Å². The van der Waals surface area contributed by atoms with Crippen molar-refractivity contribution in [3.63, 3.8) is 0 Å². The van der Waals surface area contributed by atoms with E-state index in [9.17, 15) is 0 Å². The third-order valence-corrected chi connectivity index (χ3v) is 5.31. The van der Waals surface area contributed by atoms with Gasteiger partial charge in [-0.2, -0.15) is 0 Å². The van der Waals surface area contributed by atoms with E-state index in [2.05, 4.69) is 80.7 Å². The molecule has 1 atom stereocenters. The number of hydrogen-bond acceptors (Lipinski definition) is 2. The Morgan fingerprint density at radius 2 is 2.00 bits per heavy atom. The zero-order chi connectivity index (χ0) is 13.8. The number of benzene rings is 1. The molecule has 0 radical (unpaired) electrons. The molecule has 19 heavy (non-hydrogen) atoms. The summed E-state index contributed by atoms with van der Waals surface area (Å²) in [5.74, 6) is 0. The predicted octanol–water partition coefficient (Wildman–Crippen LogP) is 5.47. The van der Waals surface area contributed by atoms with Gasteiger partial charge < -0.3 is 5.32 Å². The summed E-state index contributed by atoms with van der Waals surface area (Å²) < 4.78 is 2.32. The molecule has 4 heteroatoms. The maximum absolute atomic E-state index is 3.60. The van der Waals surface area contributed by atoms with Crippen molar-refractivity contribution in [1.82, 2.24) is 5.32 Å². The molecule has 2 rings (SSSR count). The average molecular weight is 403 g/mol. The van der Waals surface area contributed by atoms with Gasteiger partial charge in [-0.05, 0) is 58.7 Å². The van der Waals surface area contributed by atoms with Crippen LogP contribution in [0.1, 0.15) is 29.0 Å². The average Bonchev–Trinajstić information content (AvgIpc) is 2.77. The first-order valence-corrected chi connectivity index (χ1v) is 8.79. The topological polar surface area (TPSA) is 12.0 Å². The minimum atomic E-state index is 0.369. The Bertz CT molecular complexity index is 551. The molecular weight excluding hydrogens is 386 g/mol. The number of nitrogens with one attached hydrogen (secondary N) is 1. The fourth-order valence-electron chi connectivity index (χ4n) is 2.19. The van der Waals surface area contributed by atoms with Crippen molar-refractivity contribution >= 4 is 43.2 Å². The fraction of sp³-hybridized carbons (Fsp3) is 0.333. The van der Waals surface area contributed by atoms with E-state index >= 15 is 0 Å². The van der Waals surface area contributed by atoms with Crippen LogP contribution >= 0.6 is 43.2 Å². The fourth-order valence-corrected chi connectivity index (χ4v) is 4.06. The van der Waals surface area contributed by atoms with E-state index in [0.717, 1.165) is 17.4 Å². The quantitative estimate of drug-likeness (QED) is 0.698. The van der Waals surface area contributed by atoms with Crippen LogP contribution in [-0.2, 0) is 6.42 Å². The van der Waals surface area contributed by atoms with Gasteiger partial charge >= 0.3 is 0 Å². The lowest BCUT2D eigenvalue weighted by Gasteiger charge is -2.20. The van der Waals surface area contributed by atoms with Gasteiger partial charge in [0, 0.05) is 31.7 Å². The number of hydrogen-bond donors (Lipinski definition) is 1. The molecule has 0 saturated carbocycles.